The topological polar surface area (TPSA) is 138 Å². The van der Waals surface area contributed by atoms with E-state index in [2.05, 4.69) is 20.4 Å². The number of carbonyl (C=O) groups excluding carboxylic acids is 1. The molecule has 0 aliphatic carbocycles. The van der Waals surface area contributed by atoms with Crippen molar-refractivity contribution in [3.63, 3.8) is 0 Å². The summed E-state index contributed by atoms with van der Waals surface area (Å²) in [7, 11) is 0. The zero-order chi connectivity index (χ0) is 26.6. The van der Waals surface area contributed by atoms with Gasteiger partial charge in [0.25, 0.3) is 0 Å². The molecule has 0 unspecified atom stereocenters. The highest BCUT2D eigenvalue weighted by Gasteiger charge is 2.38. The van der Waals surface area contributed by atoms with Gasteiger partial charge in [0.05, 0.1) is 30.3 Å². The zero-order valence-corrected chi connectivity index (χ0v) is 21.8. The van der Waals surface area contributed by atoms with Crippen molar-refractivity contribution in [3.8, 4) is 5.88 Å². The Bertz CT molecular complexity index is 1110. The third-order valence-electron chi connectivity index (χ3n) is 5.31. The molecule has 12 nitrogen and oxygen atoms in total. The molecule has 0 bridgehead atoms. The standard InChI is InChI=1S/C21H28Cl2FN7O5/c1-12-16(31(33)34)18(35-9-5-7-25-17-13(22)10-26-19(23)27-17)28-30(12)15-6-8-29(11-14(15)24)20(32)36-21(2,3)4/h10,14-15H,5-9,11H2,1-4H3,(H,25,26,27)/t14-,15-/m1/s1. The van der Waals surface area contributed by atoms with Crippen molar-refractivity contribution in [1.82, 2.24) is 24.6 Å². The Hall–Kier alpha value is -2.93. The number of halogens is 3. The fourth-order valence-corrected chi connectivity index (χ4v) is 3.98. The number of piperidine rings is 1. The van der Waals surface area contributed by atoms with Gasteiger partial charge in [-0.15, -0.1) is 5.10 Å². The van der Waals surface area contributed by atoms with Crippen LogP contribution in [-0.4, -0.2) is 73.7 Å². The van der Waals surface area contributed by atoms with Crippen LogP contribution in [0.2, 0.25) is 10.3 Å². The molecule has 198 valence electrons. The van der Waals surface area contributed by atoms with Crippen molar-refractivity contribution in [3.05, 3.63) is 32.3 Å². The summed E-state index contributed by atoms with van der Waals surface area (Å²) < 4.78 is 27.3. The van der Waals surface area contributed by atoms with Crippen LogP contribution in [0, 0.1) is 17.0 Å². The van der Waals surface area contributed by atoms with Crippen molar-refractivity contribution >= 4 is 40.8 Å². The number of nitrogens with zero attached hydrogens (tertiary/aromatic N) is 6. The molecule has 0 spiro atoms. The van der Waals surface area contributed by atoms with E-state index in [-0.39, 0.29) is 48.7 Å². The molecule has 1 N–H and O–H groups in total. The van der Waals surface area contributed by atoms with Gasteiger partial charge < -0.3 is 19.7 Å². The Morgan fingerprint density at radius 1 is 1.39 bits per heavy atom. The minimum Gasteiger partial charge on any atom is -0.472 e. The molecule has 1 saturated heterocycles. The fraction of sp³-hybridized carbons (Fsp3) is 0.619. The Morgan fingerprint density at radius 2 is 2.11 bits per heavy atom. The van der Waals surface area contributed by atoms with Gasteiger partial charge in [-0.2, -0.15) is 4.98 Å². The number of hydrogen-bond acceptors (Lipinski definition) is 9. The first-order valence-electron chi connectivity index (χ1n) is 11.3. The second-order valence-corrected chi connectivity index (χ2v) is 9.95. The molecule has 2 atom stereocenters. The van der Waals surface area contributed by atoms with Crippen LogP contribution in [-0.2, 0) is 4.74 Å². The first-order chi connectivity index (χ1) is 16.9. The number of hydrogen-bond donors (Lipinski definition) is 1. The number of alkyl halides is 1. The van der Waals surface area contributed by atoms with Crippen LogP contribution in [0.3, 0.4) is 0 Å². The summed E-state index contributed by atoms with van der Waals surface area (Å²) in [5, 5.41) is 19.2. The molecule has 1 aliphatic rings. The molecular weight excluding hydrogens is 520 g/mol. The highest BCUT2D eigenvalue weighted by atomic mass is 35.5. The lowest BCUT2D eigenvalue weighted by Gasteiger charge is -2.35. The maximum Gasteiger partial charge on any atom is 0.410 e. The van der Waals surface area contributed by atoms with Crippen molar-refractivity contribution < 1.29 is 23.6 Å². The SMILES string of the molecule is Cc1c([N+](=O)[O-])c(OCCCNc2nc(Cl)ncc2Cl)nn1[C@@H]1CCN(C(=O)OC(C)(C)C)C[C@H]1F. The van der Waals surface area contributed by atoms with Gasteiger partial charge in [-0.25, -0.2) is 14.2 Å². The molecule has 3 heterocycles. The van der Waals surface area contributed by atoms with Gasteiger partial charge in [0.15, 0.2) is 0 Å². The molecule has 2 aromatic rings. The molecular formula is C21H28Cl2FN7O5. The second kappa shape index (κ2) is 11.4. The number of carbonyl (C=O) groups is 1. The van der Waals surface area contributed by atoms with Gasteiger partial charge in [0, 0.05) is 13.1 Å². The summed E-state index contributed by atoms with van der Waals surface area (Å²) in [5.41, 5.74) is -0.848. The molecule has 3 rings (SSSR count). The number of rotatable bonds is 8. The summed E-state index contributed by atoms with van der Waals surface area (Å²) >= 11 is 11.7. The number of likely N-dealkylation sites (tertiary alicyclic amines) is 1. The van der Waals surface area contributed by atoms with Crippen molar-refractivity contribution in [2.45, 2.75) is 58.4 Å². The summed E-state index contributed by atoms with van der Waals surface area (Å²) in [5.74, 6) is 0.164. The highest BCUT2D eigenvalue weighted by Crippen LogP contribution is 2.35. The molecule has 1 aliphatic heterocycles. The van der Waals surface area contributed by atoms with Crippen molar-refractivity contribution in [2.75, 3.05) is 31.6 Å². The number of anilines is 1. The van der Waals surface area contributed by atoms with E-state index in [0.29, 0.717) is 23.8 Å². The van der Waals surface area contributed by atoms with Crippen molar-refractivity contribution in [2.24, 2.45) is 0 Å². The third-order valence-corrected chi connectivity index (χ3v) is 5.77. The molecule has 1 amide bonds. The van der Waals surface area contributed by atoms with Gasteiger partial charge in [-0.3, -0.25) is 14.8 Å². The van der Waals surface area contributed by atoms with Crippen LogP contribution in [0.25, 0.3) is 0 Å². The van der Waals surface area contributed by atoms with E-state index in [0.717, 1.165) is 0 Å². The van der Waals surface area contributed by atoms with E-state index >= 15 is 4.39 Å². The number of ether oxygens (including phenoxy) is 2. The van der Waals surface area contributed by atoms with Crippen LogP contribution in [0.4, 0.5) is 20.7 Å². The van der Waals surface area contributed by atoms with Crippen molar-refractivity contribution in [1.29, 1.82) is 0 Å². The first-order valence-corrected chi connectivity index (χ1v) is 12.0. The Morgan fingerprint density at radius 3 is 2.75 bits per heavy atom. The minimum atomic E-state index is -1.49. The van der Waals surface area contributed by atoms with E-state index in [1.165, 1.54) is 22.7 Å². The van der Waals surface area contributed by atoms with Crippen LogP contribution >= 0.6 is 23.2 Å². The lowest BCUT2D eigenvalue weighted by molar-refractivity contribution is -0.386. The average Bonchev–Trinajstić information content (AvgIpc) is 3.10. The number of aromatic nitrogens is 4. The summed E-state index contributed by atoms with van der Waals surface area (Å²) in [6, 6.07) is -0.786. The van der Waals surface area contributed by atoms with E-state index in [1.54, 1.807) is 20.8 Å². The molecule has 0 aromatic carbocycles. The van der Waals surface area contributed by atoms with Gasteiger partial charge >= 0.3 is 17.7 Å². The van der Waals surface area contributed by atoms with Crippen LogP contribution < -0.4 is 10.1 Å². The molecule has 36 heavy (non-hydrogen) atoms. The average molecular weight is 548 g/mol. The van der Waals surface area contributed by atoms with Crippen LogP contribution in [0.15, 0.2) is 6.20 Å². The number of nitrogens with one attached hydrogen (secondary N) is 1. The summed E-state index contributed by atoms with van der Waals surface area (Å²) in [6.07, 6.45) is -0.0851. The predicted octanol–water partition coefficient (Wildman–Crippen LogP) is 4.60. The monoisotopic (exact) mass is 547 g/mol. The Kier molecular flexibility index (Phi) is 8.77. The predicted molar refractivity (Wildman–Crippen MR) is 131 cm³/mol. The Labute approximate surface area is 217 Å². The maximum atomic E-state index is 15.1. The zero-order valence-electron chi connectivity index (χ0n) is 20.3. The van der Waals surface area contributed by atoms with Crippen LogP contribution in [0.1, 0.15) is 45.3 Å². The van der Waals surface area contributed by atoms with Gasteiger partial charge in [-0.05, 0) is 52.1 Å². The van der Waals surface area contributed by atoms with Gasteiger partial charge in [0.2, 0.25) is 5.28 Å². The summed E-state index contributed by atoms with van der Waals surface area (Å²) in [4.78, 5) is 32.4. The van der Waals surface area contributed by atoms with E-state index in [4.69, 9.17) is 32.7 Å². The van der Waals surface area contributed by atoms with Gasteiger partial charge in [-0.1, -0.05) is 11.6 Å². The normalized spacial score (nSPS) is 18.1. The number of amides is 1. The maximum absolute atomic E-state index is 15.1. The highest BCUT2D eigenvalue weighted by molar-refractivity contribution is 6.33. The van der Waals surface area contributed by atoms with Crippen LogP contribution in [0.5, 0.6) is 5.88 Å². The first kappa shape index (κ1) is 27.7. The lowest BCUT2D eigenvalue weighted by atomic mass is 10.0. The molecule has 15 heteroatoms. The smallest absolute Gasteiger partial charge is 0.410 e. The lowest BCUT2D eigenvalue weighted by Crippen LogP contribution is -2.47. The number of nitro groups is 1. The quantitative estimate of drug-likeness (QED) is 0.217. The molecule has 2 aromatic heterocycles. The molecule has 0 saturated carbocycles. The minimum absolute atomic E-state index is 0.0397. The third kappa shape index (κ3) is 6.84. The Balaban J connectivity index is 1.62. The fourth-order valence-electron chi connectivity index (χ4n) is 3.69. The van der Waals surface area contributed by atoms with E-state index in [1.807, 2.05) is 0 Å². The van der Waals surface area contributed by atoms with Gasteiger partial charge in [0.1, 0.15) is 28.3 Å². The molecule has 0 radical (unpaired) electrons. The summed E-state index contributed by atoms with van der Waals surface area (Å²) in [6.45, 7) is 7.19. The second-order valence-electron chi connectivity index (χ2n) is 9.20. The molecule has 1 fully saturated rings. The van der Waals surface area contributed by atoms with E-state index < -0.39 is 28.8 Å². The largest absolute Gasteiger partial charge is 0.472 e. The van der Waals surface area contributed by atoms with E-state index in [9.17, 15) is 14.9 Å².